The molecule has 0 fully saturated rings. The van der Waals surface area contributed by atoms with Crippen molar-refractivity contribution in [1.29, 1.82) is 0 Å². The Morgan fingerprint density at radius 3 is 0.833 bits per heavy atom. The van der Waals surface area contributed by atoms with Crippen molar-refractivity contribution in [3.05, 3.63) is 0 Å². The van der Waals surface area contributed by atoms with E-state index in [1.54, 1.807) is 0 Å². The predicted molar refractivity (Wildman–Crippen MR) is 24.0 cm³/mol. The molecule has 32 valence electrons. The number of hydrogen-bond donors (Lipinski definition) is 0. The second-order valence-electron chi connectivity index (χ2n) is 2.68. The summed E-state index contributed by atoms with van der Waals surface area (Å²) in [5.41, 5.74) is 0. The standard InChI is InChI=1S/C4H12N.K/c1-5(2,3)4;/h1-4H3;/q2*+1. The fourth-order valence-corrected chi connectivity index (χ4v) is 0. The number of rotatable bonds is 0. The van der Waals surface area contributed by atoms with Crippen LogP contribution in [-0.2, 0) is 0 Å². The van der Waals surface area contributed by atoms with Crippen LogP contribution in [-0.4, -0.2) is 32.7 Å². The Morgan fingerprint density at radius 1 is 0.833 bits per heavy atom. The number of hydrogen-bond acceptors (Lipinski definition) is 0. The van der Waals surface area contributed by atoms with E-state index in [2.05, 4.69) is 28.2 Å². The van der Waals surface area contributed by atoms with Crippen molar-refractivity contribution in [3.63, 3.8) is 0 Å². The molecule has 1 nitrogen and oxygen atoms in total. The largest absolute Gasteiger partial charge is 1.00 e. The third-order valence-corrected chi connectivity index (χ3v) is 0. The van der Waals surface area contributed by atoms with Gasteiger partial charge in [-0.05, 0) is 0 Å². The smallest absolute Gasteiger partial charge is 0.333 e. The molecule has 0 N–H and O–H groups in total. The van der Waals surface area contributed by atoms with Gasteiger partial charge in [-0.1, -0.05) is 0 Å². The zero-order valence-electron chi connectivity index (χ0n) is 5.45. The zero-order valence-corrected chi connectivity index (χ0v) is 8.57. The van der Waals surface area contributed by atoms with Gasteiger partial charge in [0.05, 0.1) is 28.2 Å². The topological polar surface area (TPSA) is 0 Å². The molecule has 0 aliphatic carbocycles. The molecule has 0 heterocycles. The molecule has 0 spiro atoms. The van der Waals surface area contributed by atoms with Gasteiger partial charge in [-0.25, -0.2) is 0 Å². The summed E-state index contributed by atoms with van der Waals surface area (Å²) in [6.45, 7) is 0. The third-order valence-electron chi connectivity index (χ3n) is 0. The Bertz CT molecular complexity index is 23.0. The first kappa shape index (κ1) is 10.6. The number of quaternary nitrogens is 1. The summed E-state index contributed by atoms with van der Waals surface area (Å²) in [5.74, 6) is 0. The molecule has 0 aromatic carbocycles. The van der Waals surface area contributed by atoms with Crippen molar-refractivity contribution in [2.75, 3.05) is 28.2 Å². The first-order valence-corrected chi connectivity index (χ1v) is 1.79. The van der Waals surface area contributed by atoms with Gasteiger partial charge in [-0.15, -0.1) is 0 Å². The molecule has 0 saturated carbocycles. The molecule has 0 aliphatic rings. The van der Waals surface area contributed by atoms with Crippen molar-refractivity contribution >= 4 is 0 Å². The van der Waals surface area contributed by atoms with Gasteiger partial charge in [-0.2, -0.15) is 0 Å². The van der Waals surface area contributed by atoms with Gasteiger partial charge in [0.1, 0.15) is 0 Å². The Morgan fingerprint density at radius 2 is 0.833 bits per heavy atom. The van der Waals surface area contributed by atoms with Crippen molar-refractivity contribution < 1.29 is 55.9 Å². The van der Waals surface area contributed by atoms with Gasteiger partial charge in [-0.3, -0.25) is 0 Å². The van der Waals surface area contributed by atoms with Gasteiger partial charge in [0, 0.05) is 0 Å². The van der Waals surface area contributed by atoms with Crippen molar-refractivity contribution in [2.24, 2.45) is 0 Å². The van der Waals surface area contributed by atoms with E-state index >= 15 is 0 Å². The van der Waals surface area contributed by atoms with Gasteiger partial charge in [0.15, 0.2) is 0 Å². The molecule has 0 aromatic rings. The normalized spacial score (nSPS) is 10.0. The minimum atomic E-state index is 0. The SMILES string of the molecule is C[N+](C)(C)C.[K+]. The van der Waals surface area contributed by atoms with Crippen LogP contribution in [0.1, 0.15) is 0 Å². The summed E-state index contributed by atoms with van der Waals surface area (Å²) in [4.78, 5) is 0. The van der Waals surface area contributed by atoms with Crippen LogP contribution in [0.25, 0.3) is 0 Å². The van der Waals surface area contributed by atoms with Crippen LogP contribution in [0.15, 0.2) is 0 Å². The van der Waals surface area contributed by atoms with Crippen molar-refractivity contribution in [2.45, 2.75) is 0 Å². The Kier molecular flexibility index (Phi) is 6.30. The van der Waals surface area contributed by atoms with Crippen molar-refractivity contribution in [3.8, 4) is 0 Å². The van der Waals surface area contributed by atoms with Crippen LogP contribution in [0.2, 0.25) is 0 Å². The van der Waals surface area contributed by atoms with Crippen molar-refractivity contribution in [1.82, 2.24) is 0 Å². The van der Waals surface area contributed by atoms with E-state index in [9.17, 15) is 0 Å². The molecule has 2 heteroatoms. The maximum atomic E-state index is 2.12. The summed E-state index contributed by atoms with van der Waals surface area (Å²) in [6, 6.07) is 0. The Balaban J connectivity index is 0. The summed E-state index contributed by atoms with van der Waals surface area (Å²) < 4.78 is 1.00. The maximum absolute atomic E-state index is 2.12. The fourth-order valence-electron chi connectivity index (χ4n) is 0. The van der Waals surface area contributed by atoms with Crippen LogP contribution in [0.3, 0.4) is 0 Å². The van der Waals surface area contributed by atoms with Crippen LogP contribution in [0, 0.1) is 0 Å². The molecule has 0 radical (unpaired) electrons. The fraction of sp³-hybridized carbons (Fsp3) is 1.00. The molecular formula is C4H12KN+2. The second kappa shape index (κ2) is 3.58. The van der Waals surface area contributed by atoms with E-state index in [0.29, 0.717) is 0 Å². The van der Waals surface area contributed by atoms with E-state index in [0.717, 1.165) is 4.48 Å². The van der Waals surface area contributed by atoms with Crippen LogP contribution >= 0.6 is 0 Å². The van der Waals surface area contributed by atoms with Crippen LogP contribution in [0.4, 0.5) is 0 Å². The average molecular weight is 113 g/mol. The summed E-state index contributed by atoms with van der Waals surface area (Å²) >= 11 is 0. The molecule has 6 heavy (non-hydrogen) atoms. The first-order chi connectivity index (χ1) is 2.00. The van der Waals surface area contributed by atoms with Gasteiger partial charge >= 0.3 is 51.4 Å². The quantitative estimate of drug-likeness (QED) is 0.237. The average Bonchev–Trinajstić information content (AvgIpc) is 0.722. The molecule has 0 amide bonds. The molecule has 0 saturated heterocycles. The first-order valence-electron chi connectivity index (χ1n) is 1.79. The molecule has 0 bridgehead atoms. The maximum Gasteiger partial charge on any atom is 1.00 e. The predicted octanol–water partition coefficient (Wildman–Crippen LogP) is -2.67. The number of nitrogens with zero attached hydrogens (tertiary/aromatic N) is 1. The van der Waals surface area contributed by atoms with E-state index in [4.69, 9.17) is 0 Å². The Labute approximate surface area is 82.7 Å². The van der Waals surface area contributed by atoms with E-state index < -0.39 is 0 Å². The Hall–Kier alpha value is 1.60. The molecule has 0 atom stereocenters. The monoisotopic (exact) mass is 113 g/mol. The summed E-state index contributed by atoms with van der Waals surface area (Å²) in [7, 11) is 8.50. The third kappa shape index (κ3) is 46.4. The molecule has 0 aromatic heterocycles. The van der Waals surface area contributed by atoms with Crippen LogP contribution in [0.5, 0.6) is 0 Å². The summed E-state index contributed by atoms with van der Waals surface area (Å²) in [6.07, 6.45) is 0. The van der Waals surface area contributed by atoms with Gasteiger partial charge in [0.2, 0.25) is 0 Å². The summed E-state index contributed by atoms with van der Waals surface area (Å²) in [5, 5.41) is 0. The molecular weight excluding hydrogens is 101 g/mol. The van der Waals surface area contributed by atoms with E-state index in [-0.39, 0.29) is 51.4 Å². The van der Waals surface area contributed by atoms with E-state index in [1.807, 2.05) is 0 Å². The minimum Gasteiger partial charge on any atom is -0.333 e. The second-order valence-corrected chi connectivity index (χ2v) is 2.68. The molecule has 0 aliphatic heterocycles. The van der Waals surface area contributed by atoms with Gasteiger partial charge in [0.25, 0.3) is 0 Å². The minimum absolute atomic E-state index is 0. The van der Waals surface area contributed by atoms with Crippen LogP contribution < -0.4 is 51.4 Å². The molecule has 0 rings (SSSR count). The van der Waals surface area contributed by atoms with Gasteiger partial charge < -0.3 is 4.48 Å². The zero-order chi connectivity index (χ0) is 4.50. The van der Waals surface area contributed by atoms with E-state index in [1.165, 1.54) is 0 Å². The molecule has 0 unspecified atom stereocenters.